The number of para-hydroxylation sites is 1. The number of aromatic nitrogens is 5. The number of aliphatic hydroxyl groups excluding tert-OH is 1. The van der Waals surface area contributed by atoms with Gasteiger partial charge in [-0.1, -0.05) is 69.3 Å². The van der Waals surface area contributed by atoms with E-state index in [4.69, 9.17) is 19.9 Å². The number of phenols is 1. The second-order valence-corrected chi connectivity index (χ2v) is 19.4. The van der Waals surface area contributed by atoms with Crippen LogP contribution in [0.2, 0.25) is 0 Å². The van der Waals surface area contributed by atoms with E-state index in [0.717, 1.165) is 32.8 Å². The summed E-state index contributed by atoms with van der Waals surface area (Å²) < 4.78 is 18.5. The Morgan fingerprint density at radius 1 is 0.889 bits per heavy atom. The van der Waals surface area contributed by atoms with Crippen LogP contribution in [0.3, 0.4) is 0 Å². The number of nitrogen functional groups attached to an aromatic ring is 1. The van der Waals surface area contributed by atoms with E-state index < -0.39 is 35.4 Å². The van der Waals surface area contributed by atoms with Crippen LogP contribution >= 0.6 is 11.3 Å². The fourth-order valence-corrected chi connectivity index (χ4v) is 8.95. The molecule has 4 atom stereocenters. The molecule has 0 spiro atoms. The van der Waals surface area contributed by atoms with Crippen LogP contribution in [0.4, 0.5) is 5.82 Å². The molecule has 3 aromatic carbocycles. The Labute approximate surface area is 422 Å². The molecular formula is C52H62N10O9S. The van der Waals surface area contributed by atoms with Gasteiger partial charge in [0.1, 0.15) is 24.4 Å². The number of phenolic OH excluding ortho intramolecular Hbond substituents is 1. The average molecular weight is 1000 g/mol. The molecule has 0 radical (unpaired) electrons. The summed E-state index contributed by atoms with van der Waals surface area (Å²) in [7, 11) is 0. The van der Waals surface area contributed by atoms with Gasteiger partial charge in [0, 0.05) is 54.5 Å². The highest BCUT2D eigenvalue weighted by atomic mass is 32.1. The monoisotopic (exact) mass is 1000 g/mol. The van der Waals surface area contributed by atoms with Gasteiger partial charge in [0.25, 0.3) is 5.91 Å². The van der Waals surface area contributed by atoms with Gasteiger partial charge in [-0.2, -0.15) is 5.10 Å². The van der Waals surface area contributed by atoms with E-state index in [1.54, 1.807) is 70.2 Å². The minimum Gasteiger partial charge on any atom is -0.507 e. The van der Waals surface area contributed by atoms with Crippen LogP contribution in [-0.4, -0.2) is 135 Å². The van der Waals surface area contributed by atoms with Gasteiger partial charge in [0.2, 0.25) is 17.7 Å². The fraction of sp³-hybridized carbons (Fsp3) is 0.385. The third-order valence-electron chi connectivity index (χ3n) is 12.2. The number of carbonyl (C=O) groups is 4. The van der Waals surface area contributed by atoms with Crippen molar-refractivity contribution in [3.05, 3.63) is 119 Å². The maximum Gasteiger partial charge on any atom is 0.251 e. The van der Waals surface area contributed by atoms with E-state index in [9.17, 15) is 29.4 Å². The summed E-state index contributed by atoms with van der Waals surface area (Å²) in [6.45, 7) is 10.7. The first-order valence-electron chi connectivity index (χ1n) is 23.7. The maximum absolute atomic E-state index is 13.9. The van der Waals surface area contributed by atoms with Crippen LogP contribution in [0.1, 0.15) is 67.3 Å². The van der Waals surface area contributed by atoms with E-state index in [1.165, 1.54) is 4.90 Å². The van der Waals surface area contributed by atoms with Crippen molar-refractivity contribution in [3.8, 4) is 38.6 Å². The molecule has 20 heteroatoms. The lowest BCUT2D eigenvalue weighted by Gasteiger charge is -2.35. The minimum atomic E-state index is -0.986. The number of nitrogens with two attached hydrogens (primary N) is 1. The summed E-state index contributed by atoms with van der Waals surface area (Å²) in [6.07, 6.45) is 2.75. The smallest absolute Gasteiger partial charge is 0.251 e. The lowest BCUT2D eigenvalue weighted by atomic mass is 9.85. The van der Waals surface area contributed by atoms with Crippen molar-refractivity contribution >= 4 is 40.8 Å². The minimum absolute atomic E-state index is 0.0311. The van der Waals surface area contributed by atoms with Crippen molar-refractivity contribution in [2.75, 3.05) is 58.5 Å². The number of nitrogens with one attached hydrogen (secondary N) is 3. The lowest BCUT2D eigenvalue weighted by molar-refractivity contribution is -0.144. The molecule has 7 rings (SSSR count). The predicted octanol–water partition coefficient (Wildman–Crippen LogP) is 4.92. The Hall–Kier alpha value is -7.10. The summed E-state index contributed by atoms with van der Waals surface area (Å²) in [5.41, 5.74) is 14.0. The maximum atomic E-state index is 13.9. The second kappa shape index (κ2) is 24.3. The average Bonchev–Trinajstić information content (AvgIpc) is 4.14. The molecule has 3 aromatic heterocycles. The largest absolute Gasteiger partial charge is 0.507 e. The van der Waals surface area contributed by atoms with Crippen molar-refractivity contribution in [1.29, 1.82) is 0 Å². The normalized spacial score (nSPS) is 15.5. The number of hydrogen-bond donors (Lipinski definition) is 6. The highest BCUT2D eigenvalue weighted by molar-refractivity contribution is 7.13. The first-order valence-corrected chi connectivity index (χ1v) is 24.6. The number of nitrogens with zero attached hydrogens (tertiary/aromatic N) is 6. The molecule has 19 nitrogen and oxygen atoms in total. The number of rotatable bonds is 22. The SMILES string of the molecule is Cc1ncsc1-c1ccc(CNC(=O)[C@@H]2C[C@@H](O)CN2C(=O)[C@@H](NC(=O)COCCOCCOCCNC(=O)c2ccc(C(C)n3cc(-c4cc(-c5ccccc5O)nnc4N)cn3)cc2)C(C)(C)C)cc1. The molecule has 4 heterocycles. The molecule has 4 amide bonds. The molecule has 1 unspecified atom stereocenters. The summed E-state index contributed by atoms with van der Waals surface area (Å²) in [4.78, 5) is 59.9. The number of likely N-dealkylation sites (tertiary alicyclic amines) is 1. The molecule has 1 saturated heterocycles. The quantitative estimate of drug-likeness (QED) is 0.0494. The summed E-state index contributed by atoms with van der Waals surface area (Å²) in [6, 6.07) is 21.7. The first-order chi connectivity index (χ1) is 34.6. The van der Waals surface area contributed by atoms with E-state index in [0.29, 0.717) is 22.4 Å². The van der Waals surface area contributed by atoms with Gasteiger partial charge >= 0.3 is 0 Å². The topological polar surface area (TPSA) is 258 Å². The number of anilines is 1. The van der Waals surface area contributed by atoms with Gasteiger partial charge in [-0.25, -0.2) is 4.98 Å². The first kappa shape index (κ1) is 52.7. The number of ether oxygens (including phenoxy) is 3. The molecule has 7 N–H and O–H groups in total. The molecule has 0 aliphatic carbocycles. The van der Waals surface area contributed by atoms with Crippen LogP contribution in [0.25, 0.3) is 32.8 Å². The molecule has 1 fully saturated rings. The zero-order valence-electron chi connectivity index (χ0n) is 41.0. The van der Waals surface area contributed by atoms with Crippen LogP contribution in [0.5, 0.6) is 5.75 Å². The zero-order valence-corrected chi connectivity index (χ0v) is 41.9. The number of benzene rings is 3. The number of amides is 4. The number of aromatic hydroxyl groups is 1. The van der Waals surface area contributed by atoms with Crippen LogP contribution in [0, 0.1) is 12.3 Å². The summed E-state index contributed by atoms with van der Waals surface area (Å²) in [5.74, 6) is -1.27. The predicted molar refractivity (Wildman–Crippen MR) is 271 cm³/mol. The lowest BCUT2D eigenvalue weighted by Crippen LogP contribution is -2.58. The van der Waals surface area contributed by atoms with Crippen molar-refractivity contribution in [1.82, 2.24) is 45.8 Å². The van der Waals surface area contributed by atoms with Crippen molar-refractivity contribution < 1.29 is 43.6 Å². The standard InChI is InChI=1S/C52H62N10O9S/c1-32-46(72-31-56-32)36-12-10-34(11-13-36)26-55-50(67)43-24-39(63)29-61(43)51(68)47(52(3,4)5)58-45(65)30-71-23-22-70-21-20-69-19-18-54-49(66)37-16-14-35(15-17-37)33(2)62-28-38(27-57-62)41-25-42(59-60-48(41)53)40-8-6-7-9-44(40)64/h6-17,25,27-28,31,33,39,43,47,63-64H,18-24,26,29-30H2,1-5H3,(H2,53,60)(H,54,66)(H,55,67)(H,58,65)/t33?,39-,43+,47-/m1/s1. The number of hydrogen-bond acceptors (Lipinski definition) is 15. The summed E-state index contributed by atoms with van der Waals surface area (Å²) in [5, 5.41) is 42.2. The summed E-state index contributed by atoms with van der Waals surface area (Å²) >= 11 is 1.57. The van der Waals surface area contributed by atoms with Crippen LogP contribution in [0.15, 0.2) is 96.8 Å². The van der Waals surface area contributed by atoms with Crippen molar-refractivity contribution in [3.63, 3.8) is 0 Å². The highest BCUT2D eigenvalue weighted by Crippen LogP contribution is 2.33. The number of β-amino-alcohol motifs (C(OH)–C–C–N with tert-alkyl or cyclic N) is 1. The third-order valence-corrected chi connectivity index (χ3v) is 13.2. The Morgan fingerprint density at radius 3 is 2.29 bits per heavy atom. The number of aliphatic hydroxyl groups is 1. The van der Waals surface area contributed by atoms with Crippen LogP contribution in [-0.2, 0) is 35.1 Å². The van der Waals surface area contributed by atoms with Gasteiger partial charge in [0.15, 0.2) is 5.82 Å². The van der Waals surface area contributed by atoms with Gasteiger partial charge in [-0.3, -0.25) is 23.9 Å². The number of carbonyl (C=O) groups excluding carboxylic acids is 4. The Bertz CT molecular complexity index is 2790. The Kier molecular flexibility index (Phi) is 17.8. The Balaban J connectivity index is 0.760. The van der Waals surface area contributed by atoms with Gasteiger partial charge in [0.05, 0.1) is 73.2 Å². The molecular weight excluding hydrogens is 941 g/mol. The van der Waals surface area contributed by atoms with E-state index in [-0.39, 0.29) is 95.1 Å². The molecule has 1 aliphatic heterocycles. The van der Waals surface area contributed by atoms with Crippen molar-refractivity contribution in [2.24, 2.45) is 5.41 Å². The number of thiazole rings is 1. The van der Waals surface area contributed by atoms with Crippen LogP contribution < -0.4 is 21.7 Å². The van der Waals surface area contributed by atoms with Crippen molar-refractivity contribution in [2.45, 2.75) is 71.8 Å². The Morgan fingerprint density at radius 2 is 1.60 bits per heavy atom. The third kappa shape index (κ3) is 13.6. The van der Waals surface area contributed by atoms with Gasteiger partial charge < -0.3 is 51.0 Å². The zero-order chi connectivity index (χ0) is 51.4. The molecule has 0 bridgehead atoms. The molecule has 6 aromatic rings. The number of aryl methyl sites for hydroxylation is 1. The van der Waals surface area contributed by atoms with E-state index >= 15 is 0 Å². The van der Waals surface area contributed by atoms with Gasteiger partial charge in [-0.05, 0) is 66.3 Å². The van der Waals surface area contributed by atoms with E-state index in [1.807, 2.05) is 77.2 Å². The fourth-order valence-electron chi connectivity index (χ4n) is 8.14. The van der Waals surface area contributed by atoms with Gasteiger partial charge in [-0.15, -0.1) is 21.5 Å². The highest BCUT2D eigenvalue weighted by Gasteiger charge is 2.44. The molecule has 380 valence electrons. The van der Waals surface area contributed by atoms with E-state index in [2.05, 4.69) is 36.2 Å². The molecule has 1 aliphatic rings. The molecule has 0 saturated carbocycles. The molecule has 72 heavy (non-hydrogen) atoms. The second-order valence-electron chi connectivity index (χ2n) is 18.5.